The average Bonchev–Trinajstić information content (AvgIpc) is 3.36. The summed E-state index contributed by atoms with van der Waals surface area (Å²) in [4.78, 5) is 30.9. The minimum atomic E-state index is -1.95. The number of rotatable bonds is 2. The number of ketones is 1. The number of ether oxygens (including phenoxy) is 4. The summed E-state index contributed by atoms with van der Waals surface area (Å²) in [6, 6.07) is 0. The molecule has 0 saturated heterocycles. The highest BCUT2D eigenvalue weighted by Gasteiger charge is 2.50. The van der Waals surface area contributed by atoms with Crippen LogP contribution < -0.4 is 10.1 Å². The summed E-state index contributed by atoms with van der Waals surface area (Å²) >= 11 is 0. The van der Waals surface area contributed by atoms with Crippen molar-refractivity contribution in [1.82, 2.24) is 0 Å². The molecule has 2 aromatic rings. The third-order valence-corrected chi connectivity index (χ3v) is 10.5. The molecule has 0 radical (unpaired) electrons. The van der Waals surface area contributed by atoms with E-state index in [0.29, 0.717) is 11.4 Å². The van der Waals surface area contributed by atoms with Crippen molar-refractivity contribution in [2.75, 3.05) is 12.4 Å². The molecule has 5 aliphatic rings. The van der Waals surface area contributed by atoms with Crippen molar-refractivity contribution >= 4 is 34.0 Å². The number of anilines is 1. The summed E-state index contributed by atoms with van der Waals surface area (Å²) in [5.41, 5.74) is 1.09. The summed E-state index contributed by atoms with van der Waals surface area (Å²) in [6.07, 6.45) is 4.43. The smallest absolute Gasteiger partial charge is 0.312 e. The number of Topliss-reactive ketones (excluding diaryl/α,β-unsaturated/α-hetero) is 1. The summed E-state index contributed by atoms with van der Waals surface area (Å²) in [5.74, 6) is -6.11. The molecule has 13 heteroatoms. The van der Waals surface area contributed by atoms with Crippen LogP contribution in [0.4, 0.5) is 5.69 Å². The number of benzene rings is 2. The molecular formula is C38H48N2O11. The lowest BCUT2D eigenvalue weighted by Gasteiger charge is -2.38. The number of hydrogen-bond acceptors (Lipinski definition) is 13. The molecule has 9 atom stereocenters. The van der Waals surface area contributed by atoms with Gasteiger partial charge in [-0.1, -0.05) is 45.9 Å². The van der Waals surface area contributed by atoms with Gasteiger partial charge in [-0.3, -0.25) is 14.6 Å². The van der Waals surface area contributed by atoms with E-state index in [0.717, 1.165) is 0 Å². The van der Waals surface area contributed by atoms with E-state index in [1.54, 1.807) is 45.9 Å². The van der Waals surface area contributed by atoms with Crippen molar-refractivity contribution < 1.29 is 54.1 Å². The number of aliphatic hydroxyl groups excluding tert-OH is 2. The second-order valence-corrected chi connectivity index (χ2v) is 14.0. The normalized spacial score (nSPS) is 31.2. The molecule has 2 aromatic carbocycles. The number of carbonyl (C=O) groups is 2. The number of phenols is 3. The van der Waals surface area contributed by atoms with Gasteiger partial charge in [0, 0.05) is 61.1 Å². The van der Waals surface area contributed by atoms with Crippen LogP contribution in [0, 0.1) is 30.6 Å². The Morgan fingerprint density at radius 2 is 1.67 bits per heavy atom. The maximum Gasteiger partial charge on any atom is 0.312 e. The van der Waals surface area contributed by atoms with Gasteiger partial charge in [-0.2, -0.15) is 0 Å². The lowest BCUT2D eigenvalue weighted by atomic mass is 9.78. The van der Waals surface area contributed by atoms with Crippen molar-refractivity contribution in [3.63, 3.8) is 0 Å². The first-order valence-electron chi connectivity index (χ1n) is 17.0. The third-order valence-electron chi connectivity index (χ3n) is 10.5. The topological polar surface area (TPSA) is 197 Å². The van der Waals surface area contributed by atoms with E-state index in [9.17, 15) is 35.1 Å². The molecule has 6 N–H and O–H groups in total. The molecular weight excluding hydrogens is 660 g/mol. The van der Waals surface area contributed by atoms with Crippen molar-refractivity contribution in [2.45, 2.75) is 92.1 Å². The first kappa shape index (κ1) is 37.7. The van der Waals surface area contributed by atoms with Crippen LogP contribution in [0.5, 0.6) is 23.0 Å². The third kappa shape index (κ3) is 6.54. The zero-order valence-electron chi connectivity index (χ0n) is 30.3. The monoisotopic (exact) mass is 708 g/mol. The number of nitrogens with zero attached hydrogens (tertiary/aromatic N) is 1. The number of fused-ring (bicyclic) bond motifs is 1. The zero-order chi connectivity index (χ0) is 37.7. The Morgan fingerprint density at radius 3 is 2.31 bits per heavy atom. The van der Waals surface area contributed by atoms with Crippen LogP contribution in [0.25, 0.3) is 10.8 Å². The fourth-order valence-corrected chi connectivity index (χ4v) is 7.27. The predicted molar refractivity (Wildman–Crippen MR) is 190 cm³/mol. The number of phenolic OH excluding ortho intramolecular Hbond substituents is 3. The van der Waals surface area contributed by atoms with Gasteiger partial charge in [0.05, 0.1) is 47.8 Å². The number of nitrogens with one attached hydrogen (secondary N) is 1. The molecule has 0 fully saturated rings. The Kier molecular flexibility index (Phi) is 10.5. The number of carbonyl (C=O) groups excluding carboxylic acids is 2. The van der Waals surface area contributed by atoms with Crippen LogP contribution in [0.15, 0.2) is 41.1 Å². The van der Waals surface area contributed by atoms with Gasteiger partial charge in [-0.25, -0.2) is 0 Å². The number of esters is 1. The molecule has 276 valence electrons. The SMILES string of the molecule is COC1C=COC2(C)Oc3c(C)c(O)c4c(O)c5c(c(O)c4c3C2=O)CN=C(N5)C(C)=CC=CC(C)C(O)C(C)C(O)C(C)C(OC(C)=O)C1C. The highest BCUT2D eigenvalue weighted by Crippen LogP contribution is 2.55. The molecule has 0 aromatic heterocycles. The number of aromatic hydroxyl groups is 3. The number of aliphatic hydroxyl groups is 2. The number of hydrogen-bond donors (Lipinski definition) is 6. The molecule has 0 spiro atoms. The van der Waals surface area contributed by atoms with Gasteiger partial charge in [0.15, 0.2) is 5.75 Å². The van der Waals surface area contributed by atoms with Crippen molar-refractivity contribution in [3.8, 4) is 23.0 Å². The number of aliphatic imine (C=N–C) groups is 1. The van der Waals surface area contributed by atoms with Gasteiger partial charge in [-0.05, 0) is 25.5 Å². The van der Waals surface area contributed by atoms with Crippen LogP contribution in [0.2, 0.25) is 0 Å². The van der Waals surface area contributed by atoms with Gasteiger partial charge in [0.1, 0.15) is 29.2 Å². The molecule has 5 aliphatic heterocycles. The molecule has 13 nitrogen and oxygen atoms in total. The zero-order valence-corrected chi connectivity index (χ0v) is 30.3. The first-order chi connectivity index (χ1) is 23.9. The van der Waals surface area contributed by atoms with Crippen molar-refractivity contribution in [3.05, 3.63) is 52.8 Å². The van der Waals surface area contributed by atoms with Gasteiger partial charge < -0.3 is 49.8 Å². The minimum absolute atomic E-state index is 0.0143. The Hall–Kier alpha value is -4.59. The highest BCUT2D eigenvalue weighted by molar-refractivity contribution is 6.22. The molecule has 7 rings (SSSR count). The maximum atomic E-state index is 14.1. The molecule has 0 amide bonds. The largest absolute Gasteiger partial charge is 0.507 e. The Bertz CT molecular complexity index is 1860. The molecule has 5 heterocycles. The molecule has 0 aliphatic carbocycles. The van der Waals surface area contributed by atoms with E-state index in [2.05, 4.69) is 10.3 Å². The second-order valence-electron chi connectivity index (χ2n) is 14.0. The van der Waals surface area contributed by atoms with Gasteiger partial charge in [-0.15, -0.1) is 0 Å². The summed E-state index contributed by atoms with van der Waals surface area (Å²) in [5, 5.41) is 60.0. The minimum Gasteiger partial charge on any atom is -0.507 e. The van der Waals surface area contributed by atoms with Crippen molar-refractivity contribution in [1.29, 1.82) is 0 Å². The molecule has 0 saturated carbocycles. The predicted octanol–water partition coefficient (Wildman–Crippen LogP) is 5.14. The second kappa shape index (κ2) is 14.2. The average molecular weight is 709 g/mol. The van der Waals surface area contributed by atoms with E-state index >= 15 is 0 Å². The molecule has 51 heavy (non-hydrogen) atoms. The van der Waals surface area contributed by atoms with Gasteiger partial charge in [0.2, 0.25) is 0 Å². The molecule has 9 unspecified atom stereocenters. The quantitative estimate of drug-likeness (QED) is 0.137. The standard InChI is InChI=1S/C38H48N2O11/c1-16-11-10-12-17(2)37-39-15-23-28(40-37)33(46)26-25(32(23)45)27-35(21(6)31(26)44)51-38(8,36(27)47)49-14-13-24(48-9)18(3)34(50-22(7)41)20(5)30(43)19(4)29(16)42/h10-14,16,18-20,24,29-30,34,42-46H,15H2,1-9H3,(H,39,40). The van der Waals surface area contributed by atoms with Crippen LogP contribution in [0.3, 0.4) is 0 Å². The van der Waals surface area contributed by atoms with E-state index in [1.165, 1.54) is 40.2 Å². The van der Waals surface area contributed by atoms with Gasteiger partial charge >= 0.3 is 11.8 Å². The van der Waals surface area contributed by atoms with Crippen LogP contribution in [-0.4, -0.2) is 80.4 Å². The summed E-state index contributed by atoms with van der Waals surface area (Å²) in [6.45, 7) is 13.0. The van der Waals surface area contributed by atoms with E-state index in [1.807, 2.05) is 6.92 Å². The van der Waals surface area contributed by atoms with Gasteiger partial charge in [0.25, 0.3) is 5.78 Å². The van der Waals surface area contributed by atoms with Crippen LogP contribution in [0.1, 0.15) is 70.0 Å². The lowest BCUT2D eigenvalue weighted by molar-refractivity contribution is -0.160. The molecule has 7 bridgehead atoms. The van der Waals surface area contributed by atoms with Crippen molar-refractivity contribution in [2.24, 2.45) is 28.7 Å². The summed E-state index contributed by atoms with van der Waals surface area (Å²) < 4.78 is 23.4. The number of allylic oxidation sites excluding steroid dienone is 2. The lowest BCUT2D eigenvalue weighted by Crippen LogP contribution is -2.46. The Balaban J connectivity index is 1.66. The van der Waals surface area contributed by atoms with E-state index in [4.69, 9.17) is 18.9 Å². The highest BCUT2D eigenvalue weighted by atomic mass is 16.7. The fourth-order valence-electron chi connectivity index (χ4n) is 7.27. The summed E-state index contributed by atoms with van der Waals surface area (Å²) in [7, 11) is 1.45. The number of methoxy groups -OCH3 is 1. The number of amidine groups is 1. The Labute approximate surface area is 296 Å². The van der Waals surface area contributed by atoms with E-state index in [-0.39, 0.29) is 68.6 Å². The maximum absolute atomic E-state index is 14.1. The Morgan fingerprint density at radius 1 is 0.980 bits per heavy atom. The van der Waals surface area contributed by atoms with Crippen LogP contribution >= 0.6 is 0 Å². The first-order valence-corrected chi connectivity index (χ1v) is 17.0. The van der Waals surface area contributed by atoms with Crippen LogP contribution in [-0.2, 0) is 25.5 Å². The van der Waals surface area contributed by atoms with E-state index < -0.39 is 59.7 Å². The fraction of sp³-hybridized carbons (Fsp3) is 0.500.